The number of carbonyl (C=O) groups is 1. The van der Waals surface area contributed by atoms with Gasteiger partial charge in [-0.15, -0.1) is 0 Å². The van der Waals surface area contributed by atoms with Crippen LogP contribution in [0.5, 0.6) is 0 Å². The number of nitrogens with one attached hydrogen (secondary N) is 1. The van der Waals surface area contributed by atoms with E-state index in [2.05, 4.69) is 9.46 Å². The number of rotatable bonds is 6. The van der Waals surface area contributed by atoms with E-state index in [4.69, 9.17) is 0 Å². The maximum absolute atomic E-state index is 11.2. The predicted octanol–water partition coefficient (Wildman–Crippen LogP) is -0.760. The molecule has 0 rings (SSSR count). The molecule has 0 amide bonds. The number of carbonyl (C=O) groups excluding carboxylic acids is 1. The third-order valence-electron chi connectivity index (χ3n) is 1.97. The summed E-state index contributed by atoms with van der Waals surface area (Å²) in [5, 5.41) is 9.53. The molecule has 0 aliphatic heterocycles. The van der Waals surface area contributed by atoms with Crippen LogP contribution in [-0.4, -0.2) is 44.5 Å². The third kappa shape index (κ3) is 6.43. The summed E-state index contributed by atoms with van der Waals surface area (Å²) >= 11 is 0. The van der Waals surface area contributed by atoms with E-state index in [9.17, 15) is 18.3 Å². The molecule has 15 heavy (non-hydrogen) atoms. The smallest absolute Gasteiger partial charge is 0.322 e. The molecular weight excluding hydrogens is 222 g/mol. The van der Waals surface area contributed by atoms with E-state index >= 15 is 0 Å². The Bertz CT molecular complexity index is 309. The molecule has 0 spiro atoms. The van der Waals surface area contributed by atoms with Crippen LogP contribution in [0.1, 0.15) is 20.3 Å². The van der Waals surface area contributed by atoms with Crippen LogP contribution in [0.2, 0.25) is 0 Å². The topological polar surface area (TPSA) is 92.7 Å². The van der Waals surface area contributed by atoms with E-state index in [-0.39, 0.29) is 6.54 Å². The van der Waals surface area contributed by atoms with Crippen molar-refractivity contribution >= 4 is 16.0 Å². The standard InChI is InChI=1S/C8H17NO5S/c1-4-8(2,11)6-9-15(12,13)5-7(10)14-3/h9,11H,4-6H2,1-3H3. The molecule has 0 bridgehead atoms. The lowest BCUT2D eigenvalue weighted by Gasteiger charge is -2.21. The Balaban J connectivity index is 4.23. The largest absolute Gasteiger partial charge is 0.468 e. The molecule has 0 aliphatic carbocycles. The summed E-state index contributed by atoms with van der Waals surface area (Å²) in [5.41, 5.74) is -1.11. The summed E-state index contributed by atoms with van der Waals surface area (Å²) in [4.78, 5) is 10.7. The van der Waals surface area contributed by atoms with Gasteiger partial charge >= 0.3 is 5.97 Å². The molecule has 0 aromatic carbocycles. The molecule has 90 valence electrons. The van der Waals surface area contributed by atoms with Crippen molar-refractivity contribution in [3.63, 3.8) is 0 Å². The highest BCUT2D eigenvalue weighted by atomic mass is 32.2. The molecule has 7 heteroatoms. The van der Waals surface area contributed by atoms with E-state index in [1.165, 1.54) is 6.92 Å². The molecule has 0 saturated heterocycles. The van der Waals surface area contributed by atoms with Crippen LogP contribution in [0, 0.1) is 0 Å². The van der Waals surface area contributed by atoms with Gasteiger partial charge in [-0.1, -0.05) is 6.92 Å². The highest BCUT2D eigenvalue weighted by molar-refractivity contribution is 7.90. The molecular formula is C8H17NO5S. The second-order valence-electron chi connectivity index (χ2n) is 3.51. The summed E-state index contributed by atoms with van der Waals surface area (Å²) < 4.78 is 28.8. The molecule has 0 aliphatic rings. The predicted molar refractivity (Wildman–Crippen MR) is 54.7 cm³/mol. The lowest BCUT2D eigenvalue weighted by atomic mass is 10.1. The van der Waals surface area contributed by atoms with E-state index in [0.29, 0.717) is 6.42 Å². The molecule has 0 radical (unpaired) electrons. The highest BCUT2D eigenvalue weighted by Crippen LogP contribution is 2.06. The van der Waals surface area contributed by atoms with Crippen LogP contribution < -0.4 is 4.72 Å². The molecule has 0 aromatic rings. The first-order valence-corrected chi connectivity index (χ1v) is 6.14. The van der Waals surface area contributed by atoms with Crippen LogP contribution in [-0.2, 0) is 19.6 Å². The van der Waals surface area contributed by atoms with Gasteiger partial charge in [-0.05, 0) is 13.3 Å². The number of aliphatic hydroxyl groups is 1. The van der Waals surface area contributed by atoms with Gasteiger partial charge in [0.25, 0.3) is 0 Å². The fourth-order valence-electron chi connectivity index (χ4n) is 0.656. The summed E-state index contributed by atoms with van der Waals surface area (Å²) in [6.45, 7) is 3.12. The van der Waals surface area contributed by atoms with Gasteiger partial charge in [-0.2, -0.15) is 0 Å². The van der Waals surface area contributed by atoms with E-state index in [1.54, 1.807) is 6.92 Å². The summed E-state index contributed by atoms with van der Waals surface area (Å²) in [6.07, 6.45) is 0.410. The Morgan fingerprint density at radius 3 is 2.47 bits per heavy atom. The molecule has 6 nitrogen and oxygen atoms in total. The first-order valence-electron chi connectivity index (χ1n) is 4.49. The molecule has 1 atom stereocenters. The normalized spacial score (nSPS) is 15.7. The molecule has 0 fully saturated rings. The minimum Gasteiger partial charge on any atom is -0.468 e. The van der Waals surface area contributed by atoms with Crippen LogP contribution in [0.3, 0.4) is 0 Å². The Labute approximate surface area is 89.7 Å². The number of methoxy groups -OCH3 is 1. The van der Waals surface area contributed by atoms with Crippen molar-refractivity contribution in [2.45, 2.75) is 25.9 Å². The van der Waals surface area contributed by atoms with Gasteiger partial charge in [-0.25, -0.2) is 13.1 Å². The number of ether oxygens (including phenoxy) is 1. The molecule has 0 heterocycles. The van der Waals surface area contributed by atoms with Crippen LogP contribution in [0.25, 0.3) is 0 Å². The van der Waals surface area contributed by atoms with E-state index in [0.717, 1.165) is 7.11 Å². The van der Waals surface area contributed by atoms with Crippen molar-refractivity contribution in [1.29, 1.82) is 0 Å². The lowest BCUT2D eigenvalue weighted by molar-refractivity contribution is -0.137. The number of esters is 1. The van der Waals surface area contributed by atoms with Gasteiger partial charge < -0.3 is 9.84 Å². The summed E-state index contributed by atoms with van der Waals surface area (Å²) in [6, 6.07) is 0. The molecule has 0 saturated carbocycles. The zero-order valence-corrected chi connectivity index (χ0v) is 9.93. The minimum atomic E-state index is -3.72. The van der Waals surface area contributed by atoms with Gasteiger partial charge in [0.1, 0.15) is 0 Å². The molecule has 1 unspecified atom stereocenters. The lowest BCUT2D eigenvalue weighted by Crippen LogP contribution is -2.42. The number of sulfonamides is 1. The Morgan fingerprint density at radius 2 is 2.07 bits per heavy atom. The zero-order chi connectivity index (χ0) is 12.1. The minimum absolute atomic E-state index is 0.122. The monoisotopic (exact) mass is 239 g/mol. The second kappa shape index (κ2) is 5.43. The van der Waals surface area contributed by atoms with E-state index in [1.807, 2.05) is 0 Å². The maximum atomic E-state index is 11.2. The van der Waals surface area contributed by atoms with Gasteiger partial charge in [0, 0.05) is 6.54 Å². The van der Waals surface area contributed by atoms with Gasteiger partial charge in [-0.3, -0.25) is 4.79 Å². The van der Waals surface area contributed by atoms with Crippen LogP contribution >= 0.6 is 0 Å². The van der Waals surface area contributed by atoms with Crippen LogP contribution in [0.15, 0.2) is 0 Å². The van der Waals surface area contributed by atoms with Gasteiger partial charge in [0.05, 0.1) is 12.7 Å². The Kier molecular flexibility index (Phi) is 5.19. The third-order valence-corrected chi connectivity index (χ3v) is 3.17. The van der Waals surface area contributed by atoms with Gasteiger partial charge in [0.15, 0.2) is 5.75 Å². The van der Waals surface area contributed by atoms with Crippen molar-refractivity contribution in [2.75, 3.05) is 19.4 Å². The maximum Gasteiger partial charge on any atom is 0.322 e. The van der Waals surface area contributed by atoms with Crippen molar-refractivity contribution < 1.29 is 23.1 Å². The summed E-state index contributed by atoms with van der Waals surface area (Å²) in [5.74, 6) is -1.57. The van der Waals surface area contributed by atoms with Crippen molar-refractivity contribution in [3.8, 4) is 0 Å². The fraction of sp³-hybridized carbons (Fsp3) is 0.875. The van der Waals surface area contributed by atoms with Gasteiger partial charge in [0.2, 0.25) is 10.0 Å². The van der Waals surface area contributed by atoms with E-state index < -0.39 is 27.3 Å². The Morgan fingerprint density at radius 1 is 1.53 bits per heavy atom. The Hall–Kier alpha value is -0.660. The van der Waals surface area contributed by atoms with Crippen molar-refractivity contribution in [2.24, 2.45) is 0 Å². The van der Waals surface area contributed by atoms with Crippen molar-refractivity contribution in [1.82, 2.24) is 4.72 Å². The average molecular weight is 239 g/mol. The first-order chi connectivity index (χ1) is 6.72. The number of hydrogen-bond acceptors (Lipinski definition) is 5. The first kappa shape index (κ1) is 14.3. The summed E-state index contributed by atoms with van der Waals surface area (Å²) in [7, 11) is -2.61. The zero-order valence-electron chi connectivity index (χ0n) is 9.11. The molecule has 2 N–H and O–H groups in total. The fourth-order valence-corrected chi connectivity index (χ4v) is 1.72. The van der Waals surface area contributed by atoms with Crippen molar-refractivity contribution in [3.05, 3.63) is 0 Å². The highest BCUT2D eigenvalue weighted by Gasteiger charge is 2.23. The molecule has 0 aromatic heterocycles. The average Bonchev–Trinajstić information content (AvgIpc) is 2.14. The van der Waals surface area contributed by atoms with Crippen LogP contribution in [0.4, 0.5) is 0 Å². The number of hydrogen-bond donors (Lipinski definition) is 2. The SMILES string of the molecule is CCC(C)(O)CNS(=O)(=O)CC(=O)OC. The second-order valence-corrected chi connectivity index (χ2v) is 5.31. The quantitative estimate of drug-likeness (QED) is 0.594.